The SMILES string of the molecule is CCCNC(C)C(CC)c1nc(C2CCC(C)CC2)no1. The van der Waals surface area contributed by atoms with Gasteiger partial charge >= 0.3 is 0 Å². The smallest absolute Gasteiger partial charge is 0.231 e. The van der Waals surface area contributed by atoms with Crippen LogP contribution in [-0.2, 0) is 0 Å². The van der Waals surface area contributed by atoms with Gasteiger partial charge in [-0.2, -0.15) is 4.98 Å². The number of hydrogen-bond acceptors (Lipinski definition) is 4. The summed E-state index contributed by atoms with van der Waals surface area (Å²) < 4.78 is 5.60. The molecule has 0 aliphatic heterocycles. The molecule has 0 bridgehead atoms. The molecule has 120 valence electrons. The summed E-state index contributed by atoms with van der Waals surface area (Å²) in [6, 6.07) is 0.384. The third-order valence-electron chi connectivity index (χ3n) is 4.92. The highest BCUT2D eigenvalue weighted by Gasteiger charge is 2.27. The Hall–Kier alpha value is -0.900. The molecule has 0 saturated heterocycles. The molecule has 2 rings (SSSR count). The molecule has 0 amide bonds. The Balaban J connectivity index is 2.00. The van der Waals surface area contributed by atoms with Crippen molar-refractivity contribution in [1.82, 2.24) is 15.5 Å². The van der Waals surface area contributed by atoms with Crippen LogP contribution in [0.15, 0.2) is 4.52 Å². The number of aromatic nitrogens is 2. The van der Waals surface area contributed by atoms with Crippen molar-refractivity contribution < 1.29 is 4.52 Å². The molecule has 1 aliphatic carbocycles. The van der Waals surface area contributed by atoms with Gasteiger partial charge in [-0.3, -0.25) is 0 Å². The molecule has 1 saturated carbocycles. The van der Waals surface area contributed by atoms with Crippen molar-refractivity contribution in [3.63, 3.8) is 0 Å². The van der Waals surface area contributed by atoms with E-state index >= 15 is 0 Å². The molecule has 0 aromatic carbocycles. The average molecular weight is 293 g/mol. The minimum Gasteiger partial charge on any atom is -0.339 e. The van der Waals surface area contributed by atoms with Crippen molar-refractivity contribution in [3.8, 4) is 0 Å². The molecule has 1 fully saturated rings. The number of hydrogen-bond donors (Lipinski definition) is 1. The predicted octanol–water partition coefficient (Wildman–Crippen LogP) is 4.25. The Kier molecular flexibility index (Phi) is 6.22. The van der Waals surface area contributed by atoms with Crippen molar-refractivity contribution in [2.24, 2.45) is 5.92 Å². The van der Waals surface area contributed by atoms with E-state index in [1.165, 1.54) is 25.7 Å². The lowest BCUT2D eigenvalue weighted by molar-refractivity contribution is 0.304. The van der Waals surface area contributed by atoms with Gasteiger partial charge in [0.15, 0.2) is 5.82 Å². The van der Waals surface area contributed by atoms with Gasteiger partial charge in [-0.15, -0.1) is 0 Å². The molecule has 1 aliphatic rings. The molecule has 1 aromatic heterocycles. The number of nitrogens with one attached hydrogen (secondary N) is 1. The van der Waals surface area contributed by atoms with Crippen LogP contribution in [0.25, 0.3) is 0 Å². The third kappa shape index (κ3) is 4.29. The lowest BCUT2D eigenvalue weighted by Gasteiger charge is -2.23. The molecule has 0 radical (unpaired) electrons. The zero-order valence-corrected chi connectivity index (χ0v) is 14.1. The van der Waals surface area contributed by atoms with E-state index in [0.29, 0.717) is 17.9 Å². The van der Waals surface area contributed by atoms with Gasteiger partial charge in [0.25, 0.3) is 0 Å². The zero-order chi connectivity index (χ0) is 15.2. The van der Waals surface area contributed by atoms with Gasteiger partial charge in [0.2, 0.25) is 5.89 Å². The lowest BCUT2D eigenvalue weighted by Crippen LogP contribution is -2.32. The van der Waals surface area contributed by atoms with Gasteiger partial charge in [-0.05, 0) is 45.1 Å². The van der Waals surface area contributed by atoms with Crippen LogP contribution in [0.1, 0.15) is 89.8 Å². The second kappa shape index (κ2) is 7.92. The van der Waals surface area contributed by atoms with Crippen molar-refractivity contribution in [2.75, 3.05) is 6.54 Å². The normalized spacial score (nSPS) is 25.7. The van der Waals surface area contributed by atoms with Crippen LogP contribution in [0.4, 0.5) is 0 Å². The maximum atomic E-state index is 5.60. The van der Waals surface area contributed by atoms with Crippen LogP contribution in [0, 0.1) is 5.92 Å². The Morgan fingerprint density at radius 1 is 1.24 bits per heavy atom. The largest absolute Gasteiger partial charge is 0.339 e. The Morgan fingerprint density at radius 2 is 1.95 bits per heavy atom. The Morgan fingerprint density at radius 3 is 2.57 bits per heavy atom. The fourth-order valence-electron chi connectivity index (χ4n) is 3.34. The molecule has 2 unspecified atom stereocenters. The Bertz CT molecular complexity index is 410. The van der Waals surface area contributed by atoms with Gasteiger partial charge in [0.05, 0.1) is 5.92 Å². The van der Waals surface area contributed by atoms with Gasteiger partial charge in [0.1, 0.15) is 0 Å². The predicted molar refractivity (Wildman–Crippen MR) is 85.5 cm³/mol. The summed E-state index contributed by atoms with van der Waals surface area (Å²) >= 11 is 0. The van der Waals surface area contributed by atoms with Crippen LogP contribution < -0.4 is 5.32 Å². The third-order valence-corrected chi connectivity index (χ3v) is 4.92. The summed E-state index contributed by atoms with van der Waals surface area (Å²) in [4.78, 5) is 4.74. The zero-order valence-electron chi connectivity index (χ0n) is 14.1. The second-order valence-electron chi connectivity index (χ2n) is 6.71. The molecule has 4 heteroatoms. The van der Waals surface area contributed by atoms with E-state index in [4.69, 9.17) is 9.51 Å². The summed E-state index contributed by atoms with van der Waals surface area (Å²) in [5, 5.41) is 7.83. The fourth-order valence-corrected chi connectivity index (χ4v) is 3.34. The monoisotopic (exact) mass is 293 g/mol. The van der Waals surface area contributed by atoms with Crippen LogP contribution in [0.5, 0.6) is 0 Å². The number of rotatable bonds is 7. The highest BCUT2D eigenvalue weighted by molar-refractivity contribution is 5.02. The second-order valence-corrected chi connectivity index (χ2v) is 6.71. The summed E-state index contributed by atoms with van der Waals surface area (Å²) in [6.45, 7) is 9.98. The molecule has 0 spiro atoms. The van der Waals surface area contributed by atoms with E-state index in [0.717, 1.165) is 37.0 Å². The highest BCUT2D eigenvalue weighted by atomic mass is 16.5. The summed E-state index contributed by atoms with van der Waals surface area (Å²) in [7, 11) is 0. The average Bonchev–Trinajstić information content (AvgIpc) is 2.96. The van der Waals surface area contributed by atoms with Crippen molar-refractivity contribution in [3.05, 3.63) is 11.7 Å². The molecule has 21 heavy (non-hydrogen) atoms. The minimum atomic E-state index is 0.320. The maximum Gasteiger partial charge on any atom is 0.231 e. The van der Waals surface area contributed by atoms with Gasteiger partial charge in [-0.25, -0.2) is 0 Å². The first kappa shape index (κ1) is 16.5. The van der Waals surface area contributed by atoms with Crippen molar-refractivity contribution in [1.29, 1.82) is 0 Å². The molecule has 1 N–H and O–H groups in total. The Labute approximate surface area is 129 Å². The molecule has 1 heterocycles. The molecular formula is C17H31N3O. The van der Waals surface area contributed by atoms with E-state index in [1.807, 2.05) is 0 Å². The van der Waals surface area contributed by atoms with Gasteiger partial charge in [-0.1, -0.05) is 38.8 Å². The molecule has 4 nitrogen and oxygen atoms in total. The molecule has 1 aromatic rings. The minimum absolute atomic E-state index is 0.320. The van der Waals surface area contributed by atoms with Crippen LogP contribution in [-0.4, -0.2) is 22.7 Å². The first-order chi connectivity index (χ1) is 10.2. The van der Waals surface area contributed by atoms with Crippen LogP contribution in [0.3, 0.4) is 0 Å². The first-order valence-corrected chi connectivity index (χ1v) is 8.72. The first-order valence-electron chi connectivity index (χ1n) is 8.72. The molecular weight excluding hydrogens is 262 g/mol. The van der Waals surface area contributed by atoms with E-state index in [2.05, 4.69) is 38.2 Å². The van der Waals surface area contributed by atoms with E-state index in [9.17, 15) is 0 Å². The van der Waals surface area contributed by atoms with Crippen molar-refractivity contribution >= 4 is 0 Å². The quantitative estimate of drug-likeness (QED) is 0.816. The van der Waals surface area contributed by atoms with Crippen LogP contribution in [0.2, 0.25) is 0 Å². The number of nitrogens with zero attached hydrogens (tertiary/aromatic N) is 2. The standard InChI is InChI=1S/C17H31N3O/c1-5-11-18-13(4)15(6-2)17-19-16(20-21-17)14-9-7-12(3)8-10-14/h12-15,18H,5-11H2,1-4H3. The van der Waals surface area contributed by atoms with Crippen molar-refractivity contribution in [2.45, 2.75) is 84.1 Å². The fraction of sp³-hybridized carbons (Fsp3) is 0.882. The van der Waals surface area contributed by atoms with E-state index in [-0.39, 0.29) is 0 Å². The van der Waals surface area contributed by atoms with Crippen LogP contribution >= 0.6 is 0 Å². The lowest BCUT2D eigenvalue weighted by atomic mass is 9.83. The van der Waals surface area contributed by atoms with Gasteiger partial charge in [0, 0.05) is 12.0 Å². The topological polar surface area (TPSA) is 51.0 Å². The van der Waals surface area contributed by atoms with E-state index < -0.39 is 0 Å². The highest BCUT2D eigenvalue weighted by Crippen LogP contribution is 2.35. The summed E-state index contributed by atoms with van der Waals surface area (Å²) in [5.74, 6) is 3.45. The maximum absolute atomic E-state index is 5.60. The summed E-state index contributed by atoms with van der Waals surface area (Å²) in [6.07, 6.45) is 7.18. The summed E-state index contributed by atoms with van der Waals surface area (Å²) in [5.41, 5.74) is 0. The molecule has 2 atom stereocenters. The van der Waals surface area contributed by atoms with Gasteiger partial charge < -0.3 is 9.84 Å². The van der Waals surface area contributed by atoms with E-state index in [1.54, 1.807) is 0 Å².